The van der Waals surface area contributed by atoms with Gasteiger partial charge in [0.1, 0.15) is 11.2 Å². The molecule has 0 fully saturated rings. The molecular formula is C60H39NO. The molecule has 0 aliphatic carbocycles. The molecule has 2 nitrogen and oxygen atoms in total. The molecule has 0 saturated heterocycles. The summed E-state index contributed by atoms with van der Waals surface area (Å²) in [6.45, 7) is 0. The van der Waals surface area contributed by atoms with Gasteiger partial charge in [0.2, 0.25) is 0 Å². The normalized spacial score (nSPS) is 11.5. The number of rotatable bonds is 7. The van der Waals surface area contributed by atoms with Gasteiger partial charge < -0.3 is 9.32 Å². The van der Waals surface area contributed by atoms with E-state index in [-0.39, 0.29) is 0 Å². The molecule has 2 heteroatoms. The second kappa shape index (κ2) is 14.8. The van der Waals surface area contributed by atoms with Crippen molar-refractivity contribution < 1.29 is 4.42 Å². The van der Waals surface area contributed by atoms with Crippen LogP contribution in [0.4, 0.5) is 17.1 Å². The molecule has 0 aliphatic heterocycles. The van der Waals surface area contributed by atoms with E-state index in [2.05, 4.69) is 241 Å². The molecule has 62 heavy (non-hydrogen) atoms. The quantitative estimate of drug-likeness (QED) is 0.150. The molecule has 0 amide bonds. The molecule has 1 heterocycles. The van der Waals surface area contributed by atoms with Crippen LogP contribution < -0.4 is 4.90 Å². The number of para-hydroxylation sites is 1. The van der Waals surface area contributed by atoms with Gasteiger partial charge in [0.05, 0.1) is 11.1 Å². The lowest BCUT2D eigenvalue weighted by molar-refractivity contribution is 0.670. The van der Waals surface area contributed by atoms with Gasteiger partial charge in [-0.05, 0) is 132 Å². The molecule has 290 valence electrons. The Morgan fingerprint density at radius 3 is 1.66 bits per heavy atom. The van der Waals surface area contributed by atoms with Crippen LogP contribution in [0.2, 0.25) is 0 Å². The Morgan fingerprint density at radius 2 is 0.855 bits per heavy atom. The number of benzene rings is 11. The zero-order chi connectivity index (χ0) is 41.0. The van der Waals surface area contributed by atoms with E-state index < -0.39 is 0 Å². The molecule has 11 aromatic carbocycles. The third-order valence-electron chi connectivity index (χ3n) is 12.4. The largest absolute Gasteiger partial charge is 0.455 e. The summed E-state index contributed by atoms with van der Waals surface area (Å²) < 4.78 is 6.92. The minimum Gasteiger partial charge on any atom is -0.455 e. The standard InChI is InChI=1S/C60H39NO/c1-2-15-40(16-3-1)43-20-12-21-44(35-43)45-22-13-24-49(37-45)61(50-25-14-23-46(38-50)56-39-47-19-6-7-26-51(47)53-27-8-9-28-54(53)56)57-34-33-52(48-32-31-41-17-4-5-18-42(41)36-48)60-59(57)55-29-10-11-30-58(55)62-60/h1-39H. The third-order valence-corrected chi connectivity index (χ3v) is 12.4. The lowest BCUT2D eigenvalue weighted by atomic mass is 9.93. The first-order valence-electron chi connectivity index (χ1n) is 21.2. The Balaban J connectivity index is 1.10. The van der Waals surface area contributed by atoms with Crippen molar-refractivity contribution in [2.75, 3.05) is 4.90 Å². The summed E-state index contributed by atoms with van der Waals surface area (Å²) in [5, 5.41) is 9.54. The van der Waals surface area contributed by atoms with Crippen molar-refractivity contribution in [2.24, 2.45) is 0 Å². The van der Waals surface area contributed by atoms with Crippen molar-refractivity contribution >= 4 is 71.3 Å². The first-order chi connectivity index (χ1) is 30.7. The van der Waals surface area contributed by atoms with E-state index in [1.165, 1.54) is 49.0 Å². The first-order valence-corrected chi connectivity index (χ1v) is 21.2. The predicted molar refractivity (Wildman–Crippen MR) is 263 cm³/mol. The smallest absolute Gasteiger partial charge is 0.145 e. The maximum atomic E-state index is 6.92. The van der Waals surface area contributed by atoms with Crippen molar-refractivity contribution in [3.05, 3.63) is 237 Å². The van der Waals surface area contributed by atoms with Gasteiger partial charge in [0, 0.05) is 22.3 Å². The van der Waals surface area contributed by atoms with Crippen molar-refractivity contribution in [1.29, 1.82) is 0 Å². The molecule has 12 rings (SSSR count). The van der Waals surface area contributed by atoms with Gasteiger partial charge in [-0.2, -0.15) is 0 Å². The number of hydrogen-bond acceptors (Lipinski definition) is 2. The van der Waals surface area contributed by atoms with E-state index in [9.17, 15) is 0 Å². The van der Waals surface area contributed by atoms with Gasteiger partial charge in [-0.15, -0.1) is 0 Å². The van der Waals surface area contributed by atoms with Crippen LogP contribution in [0.1, 0.15) is 0 Å². The Bertz CT molecular complexity index is 3650. The van der Waals surface area contributed by atoms with Gasteiger partial charge >= 0.3 is 0 Å². The zero-order valence-electron chi connectivity index (χ0n) is 33.9. The molecule has 12 aromatic rings. The molecule has 0 spiro atoms. The molecule has 0 radical (unpaired) electrons. The maximum Gasteiger partial charge on any atom is 0.145 e. The second-order valence-electron chi connectivity index (χ2n) is 16.1. The van der Waals surface area contributed by atoms with Gasteiger partial charge in [-0.3, -0.25) is 0 Å². The lowest BCUT2D eigenvalue weighted by Crippen LogP contribution is -2.11. The molecule has 0 bridgehead atoms. The first kappa shape index (κ1) is 35.7. The Morgan fingerprint density at radius 1 is 0.290 bits per heavy atom. The van der Waals surface area contributed by atoms with Gasteiger partial charge in [0.25, 0.3) is 0 Å². The van der Waals surface area contributed by atoms with Crippen LogP contribution in [0.15, 0.2) is 241 Å². The van der Waals surface area contributed by atoms with Gasteiger partial charge in [0.15, 0.2) is 0 Å². The van der Waals surface area contributed by atoms with Crippen LogP contribution in [0.25, 0.3) is 98.8 Å². The van der Waals surface area contributed by atoms with Crippen LogP contribution in [-0.2, 0) is 0 Å². The summed E-state index contributed by atoms with van der Waals surface area (Å²) >= 11 is 0. The highest BCUT2D eigenvalue weighted by Crippen LogP contribution is 2.48. The molecule has 0 aliphatic rings. The maximum absolute atomic E-state index is 6.92. The van der Waals surface area contributed by atoms with Crippen molar-refractivity contribution in [2.45, 2.75) is 0 Å². The monoisotopic (exact) mass is 789 g/mol. The van der Waals surface area contributed by atoms with E-state index in [1.54, 1.807) is 0 Å². The summed E-state index contributed by atoms with van der Waals surface area (Å²) in [6, 6.07) is 85.5. The van der Waals surface area contributed by atoms with Crippen LogP contribution in [0.3, 0.4) is 0 Å². The topological polar surface area (TPSA) is 16.4 Å². The molecule has 0 N–H and O–H groups in total. The minimum absolute atomic E-state index is 0.861. The van der Waals surface area contributed by atoms with Crippen molar-refractivity contribution in [3.63, 3.8) is 0 Å². The Labute approximate surface area is 360 Å². The predicted octanol–water partition coefficient (Wildman–Crippen LogP) is 17.2. The van der Waals surface area contributed by atoms with Gasteiger partial charge in [-0.25, -0.2) is 0 Å². The summed E-state index contributed by atoms with van der Waals surface area (Å²) in [5.74, 6) is 0. The Kier molecular flexibility index (Phi) is 8.53. The highest BCUT2D eigenvalue weighted by Gasteiger charge is 2.23. The van der Waals surface area contributed by atoms with Crippen molar-refractivity contribution in [1.82, 2.24) is 0 Å². The average molecular weight is 790 g/mol. The number of anilines is 3. The average Bonchev–Trinajstić information content (AvgIpc) is 3.74. The fourth-order valence-electron chi connectivity index (χ4n) is 9.45. The zero-order valence-corrected chi connectivity index (χ0v) is 33.9. The summed E-state index contributed by atoms with van der Waals surface area (Å²) in [4.78, 5) is 2.42. The lowest BCUT2D eigenvalue weighted by Gasteiger charge is -2.28. The van der Waals surface area contributed by atoms with E-state index in [0.717, 1.165) is 66.8 Å². The molecule has 0 saturated carbocycles. The highest BCUT2D eigenvalue weighted by atomic mass is 16.3. The number of furan rings is 1. The molecule has 1 aromatic heterocycles. The molecule has 0 unspecified atom stereocenters. The van der Waals surface area contributed by atoms with E-state index >= 15 is 0 Å². The summed E-state index contributed by atoms with van der Waals surface area (Å²) in [7, 11) is 0. The SMILES string of the molecule is c1ccc(-c2cccc(-c3cccc(N(c4cccc(-c5cc6ccccc6c6ccccc56)c4)c4ccc(-c5ccc6ccccc6c5)c5oc6ccccc6c45)c3)c2)cc1. The van der Waals surface area contributed by atoms with E-state index in [0.29, 0.717) is 0 Å². The molecular weight excluding hydrogens is 751 g/mol. The van der Waals surface area contributed by atoms with Crippen LogP contribution >= 0.6 is 0 Å². The number of fused-ring (bicyclic) bond motifs is 7. The summed E-state index contributed by atoms with van der Waals surface area (Å²) in [6.07, 6.45) is 0. The van der Waals surface area contributed by atoms with E-state index in [1.807, 2.05) is 0 Å². The third kappa shape index (κ3) is 6.12. The summed E-state index contributed by atoms with van der Waals surface area (Å²) in [5.41, 5.74) is 14.1. The van der Waals surface area contributed by atoms with E-state index in [4.69, 9.17) is 4.42 Å². The van der Waals surface area contributed by atoms with Crippen molar-refractivity contribution in [3.8, 4) is 44.5 Å². The van der Waals surface area contributed by atoms with Crippen LogP contribution in [0.5, 0.6) is 0 Å². The minimum atomic E-state index is 0.861. The van der Waals surface area contributed by atoms with Gasteiger partial charge in [-0.1, -0.05) is 176 Å². The Hall–Kier alpha value is -8.20. The van der Waals surface area contributed by atoms with Crippen LogP contribution in [0, 0.1) is 0 Å². The fraction of sp³-hybridized carbons (Fsp3) is 0. The fourth-order valence-corrected chi connectivity index (χ4v) is 9.45. The highest BCUT2D eigenvalue weighted by molar-refractivity contribution is 6.18. The number of hydrogen-bond donors (Lipinski definition) is 0. The van der Waals surface area contributed by atoms with Crippen LogP contribution in [-0.4, -0.2) is 0 Å². The molecule has 0 atom stereocenters. The second-order valence-corrected chi connectivity index (χ2v) is 16.1. The number of nitrogens with zero attached hydrogens (tertiary/aromatic N) is 1.